The summed E-state index contributed by atoms with van der Waals surface area (Å²) in [4.78, 5) is 11.2. The van der Waals surface area contributed by atoms with Gasteiger partial charge in [-0.25, -0.2) is 0 Å². The van der Waals surface area contributed by atoms with Gasteiger partial charge in [-0.2, -0.15) is 0 Å². The molecule has 5 N–H and O–H groups in total. The second kappa shape index (κ2) is 4.08. The maximum atomic E-state index is 11.2. The number of aliphatic carboxylic acids is 1. The monoisotopic (exact) mass is 241 g/mol. The molecule has 5 unspecified atom stereocenters. The maximum Gasteiger partial charge on any atom is 0.329 e. The van der Waals surface area contributed by atoms with E-state index in [1.807, 2.05) is 6.08 Å². The van der Waals surface area contributed by atoms with Crippen molar-refractivity contribution in [2.75, 3.05) is 0 Å². The van der Waals surface area contributed by atoms with E-state index in [4.69, 9.17) is 10.8 Å². The third-order valence-corrected chi connectivity index (χ3v) is 4.29. The number of allylic oxidation sites excluding steroid dienone is 2. The van der Waals surface area contributed by atoms with E-state index in [1.54, 1.807) is 0 Å². The highest BCUT2D eigenvalue weighted by Gasteiger charge is 2.53. The van der Waals surface area contributed by atoms with Crippen molar-refractivity contribution in [3.63, 3.8) is 0 Å². The number of carboxylic acid groups (broad SMARTS) is 1. The number of carbonyl (C=O) groups is 1. The highest BCUT2D eigenvalue weighted by atomic mass is 16.4. The molecule has 0 heterocycles. The fourth-order valence-electron chi connectivity index (χ4n) is 3.09. The topological polar surface area (TPSA) is 104 Å². The van der Waals surface area contributed by atoms with E-state index in [9.17, 15) is 15.0 Å². The van der Waals surface area contributed by atoms with Crippen LogP contribution in [0.2, 0.25) is 0 Å². The molecule has 0 amide bonds. The number of carboxylic acids is 1. The van der Waals surface area contributed by atoms with Gasteiger partial charge < -0.3 is 21.1 Å². The van der Waals surface area contributed by atoms with Crippen LogP contribution >= 0.6 is 0 Å². The van der Waals surface area contributed by atoms with Gasteiger partial charge in [0.25, 0.3) is 0 Å². The predicted octanol–water partition coefficient (Wildman–Crippen LogP) is -0.278. The van der Waals surface area contributed by atoms with Crippen LogP contribution in [0.4, 0.5) is 0 Å². The van der Waals surface area contributed by atoms with Crippen molar-refractivity contribution in [1.29, 1.82) is 0 Å². The van der Waals surface area contributed by atoms with E-state index >= 15 is 0 Å². The van der Waals surface area contributed by atoms with Crippen LogP contribution in [0.1, 0.15) is 19.8 Å². The molecular weight excluding hydrogens is 222 g/mol. The first-order valence-electron chi connectivity index (χ1n) is 5.94. The average Bonchev–Trinajstić information content (AvgIpc) is 2.87. The van der Waals surface area contributed by atoms with E-state index in [1.165, 1.54) is 6.92 Å². The molecule has 5 nitrogen and oxygen atoms in total. The van der Waals surface area contributed by atoms with Crippen molar-refractivity contribution >= 4 is 5.97 Å². The third kappa shape index (κ3) is 1.78. The molecule has 1 saturated carbocycles. The summed E-state index contributed by atoms with van der Waals surface area (Å²) in [6, 6.07) is 0. The van der Waals surface area contributed by atoms with Crippen LogP contribution in [0.25, 0.3) is 0 Å². The first-order chi connectivity index (χ1) is 7.87. The van der Waals surface area contributed by atoms with E-state index < -0.39 is 23.7 Å². The number of hydrogen-bond acceptors (Lipinski definition) is 4. The summed E-state index contributed by atoms with van der Waals surface area (Å²) in [6.45, 7) is 1.31. The summed E-state index contributed by atoms with van der Waals surface area (Å²) >= 11 is 0. The predicted molar refractivity (Wildman–Crippen MR) is 61.1 cm³/mol. The average molecular weight is 241 g/mol. The zero-order valence-electron chi connectivity index (χ0n) is 9.78. The minimum Gasteiger partial charge on any atom is -0.480 e. The molecule has 5 heteroatoms. The van der Waals surface area contributed by atoms with Gasteiger partial charge in [-0.05, 0) is 37.5 Å². The number of rotatable bonds is 4. The van der Waals surface area contributed by atoms with Crippen molar-refractivity contribution in [2.45, 2.75) is 37.5 Å². The van der Waals surface area contributed by atoms with Crippen molar-refractivity contribution in [3.8, 4) is 0 Å². The van der Waals surface area contributed by atoms with Gasteiger partial charge in [0.2, 0.25) is 0 Å². The smallest absolute Gasteiger partial charge is 0.329 e. The van der Waals surface area contributed by atoms with Crippen LogP contribution in [-0.2, 0) is 4.79 Å². The summed E-state index contributed by atoms with van der Waals surface area (Å²) < 4.78 is 0. The Kier molecular flexibility index (Phi) is 3.01. The van der Waals surface area contributed by atoms with E-state index in [0.29, 0.717) is 5.92 Å². The standard InChI is InChI=1S/C12H19NO4/c1-6(14)12(13,11(16)17)10(15)9-5-7-2-3-8(9)4-7/h2-3,6-10,14-15H,4-5,13H2,1H3,(H,16,17)/t6?,7?,8?,9?,10?,12-/m0/s1. The maximum absolute atomic E-state index is 11.2. The minimum absolute atomic E-state index is 0.166. The lowest BCUT2D eigenvalue weighted by Gasteiger charge is -2.37. The number of aliphatic hydroxyl groups is 2. The van der Waals surface area contributed by atoms with Gasteiger partial charge in [0, 0.05) is 0 Å². The number of aliphatic hydroxyl groups excluding tert-OH is 2. The normalized spacial score (nSPS) is 37.8. The highest BCUT2D eigenvalue weighted by Crippen LogP contribution is 2.46. The fourth-order valence-corrected chi connectivity index (χ4v) is 3.09. The Bertz CT molecular complexity index is 354. The van der Waals surface area contributed by atoms with Gasteiger partial charge in [-0.3, -0.25) is 4.79 Å². The van der Waals surface area contributed by atoms with Crippen molar-refractivity contribution < 1.29 is 20.1 Å². The van der Waals surface area contributed by atoms with Crippen molar-refractivity contribution in [1.82, 2.24) is 0 Å². The molecule has 0 radical (unpaired) electrons. The molecule has 96 valence electrons. The van der Waals surface area contributed by atoms with Gasteiger partial charge in [-0.15, -0.1) is 0 Å². The van der Waals surface area contributed by atoms with Gasteiger partial charge in [0.1, 0.15) is 0 Å². The largest absolute Gasteiger partial charge is 0.480 e. The summed E-state index contributed by atoms with van der Waals surface area (Å²) in [7, 11) is 0. The Labute approximate surface area is 99.9 Å². The Morgan fingerprint density at radius 3 is 2.41 bits per heavy atom. The molecule has 6 atom stereocenters. The Morgan fingerprint density at radius 1 is 1.41 bits per heavy atom. The van der Waals surface area contributed by atoms with Gasteiger partial charge in [0.05, 0.1) is 12.2 Å². The van der Waals surface area contributed by atoms with E-state index in [2.05, 4.69) is 6.08 Å². The molecule has 0 aliphatic heterocycles. The lowest BCUT2D eigenvalue weighted by molar-refractivity contribution is -0.157. The number of hydrogen-bond donors (Lipinski definition) is 4. The van der Waals surface area contributed by atoms with E-state index in [-0.39, 0.29) is 11.8 Å². The summed E-state index contributed by atoms with van der Waals surface area (Å²) in [5.41, 5.74) is 3.73. The Morgan fingerprint density at radius 2 is 2.06 bits per heavy atom. The molecule has 2 rings (SSSR count). The molecule has 0 aromatic heterocycles. The van der Waals surface area contributed by atoms with Crippen LogP contribution < -0.4 is 5.73 Å². The zero-order chi connectivity index (χ0) is 12.8. The summed E-state index contributed by atoms with van der Waals surface area (Å²) in [5.74, 6) is -0.907. The molecule has 1 fully saturated rings. The van der Waals surface area contributed by atoms with Crippen LogP contribution in [0.3, 0.4) is 0 Å². The zero-order valence-corrected chi connectivity index (χ0v) is 9.78. The van der Waals surface area contributed by atoms with Crippen LogP contribution in [0, 0.1) is 17.8 Å². The lowest BCUT2D eigenvalue weighted by atomic mass is 9.76. The van der Waals surface area contributed by atoms with Crippen molar-refractivity contribution in [3.05, 3.63) is 12.2 Å². The lowest BCUT2D eigenvalue weighted by Crippen LogP contribution is -2.66. The Hall–Kier alpha value is -0.910. The molecule has 2 aliphatic rings. The number of nitrogens with two attached hydrogens (primary N) is 1. The van der Waals surface area contributed by atoms with Crippen LogP contribution in [-0.4, -0.2) is 39.0 Å². The highest BCUT2D eigenvalue weighted by molar-refractivity contribution is 5.80. The number of fused-ring (bicyclic) bond motifs is 2. The quantitative estimate of drug-likeness (QED) is 0.507. The van der Waals surface area contributed by atoms with Crippen molar-refractivity contribution in [2.24, 2.45) is 23.5 Å². The molecule has 2 aliphatic carbocycles. The molecule has 0 aromatic rings. The summed E-state index contributed by atoms with van der Waals surface area (Å²) in [6.07, 6.45) is 3.32. The van der Waals surface area contributed by atoms with Crippen LogP contribution in [0.5, 0.6) is 0 Å². The molecule has 17 heavy (non-hydrogen) atoms. The molecule has 0 saturated heterocycles. The van der Waals surface area contributed by atoms with Crippen LogP contribution in [0.15, 0.2) is 12.2 Å². The molecule has 0 spiro atoms. The Balaban J connectivity index is 2.21. The second-order valence-corrected chi connectivity index (χ2v) is 5.30. The minimum atomic E-state index is -1.98. The second-order valence-electron chi connectivity index (χ2n) is 5.30. The molecular formula is C12H19NO4. The molecule has 2 bridgehead atoms. The van der Waals surface area contributed by atoms with Gasteiger partial charge >= 0.3 is 5.97 Å². The SMILES string of the molecule is CC(O)[C@@](N)(C(=O)O)C(O)C1CC2C=CC1C2. The summed E-state index contributed by atoms with van der Waals surface area (Å²) in [5, 5.41) is 28.9. The van der Waals surface area contributed by atoms with E-state index in [0.717, 1.165) is 12.8 Å². The van der Waals surface area contributed by atoms with Gasteiger partial charge in [-0.1, -0.05) is 12.2 Å². The first-order valence-corrected chi connectivity index (χ1v) is 5.94. The fraction of sp³-hybridized carbons (Fsp3) is 0.750. The van der Waals surface area contributed by atoms with Gasteiger partial charge in [0.15, 0.2) is 5.54 Å². The first kappa shape index (κ1) is 12.5. The third-order valence-electron chi connectivity index (χ3n) is 4.29. The molecule has 0 aromatic carbocycles.